The maximum atomic E-state index is 9.34. The standard InChI is InChI=1S/C9H13ClN2OS/c10-9-11-5-8(14-9)6-12-3-1-7(13)2-4-12/h5,7,13H,1-4,6H2. The van der Waals surface area contributed by atoms with Gasteiger partial charge in [-0.1, -0.05) is 11.6 Å². The first-order valence-corrected chi connectivity index (χ1v) is 5.94. The van der Waals surface area contributed by atoms with Crippen molar-refractivity contribution in [3.8, 4) is 0 Å². The second-order valence-corrected chi connectivity index (χ2v) is 5.28. The van der Waals surface area contributed by atoms with Crippen LogP contribution in [0.1, 0.15) is 17.7 Å². The molecule has 1 aliphatic heterocycles. The van der Waals surface area contributed by atoms with E-state index in [1.54, 1.807) is 0 Å². The van der Waals surface area contributed by atoms with Gasteiger partial charge in [0.2, 0.25) is 0 Å². The normalized spacial score (nSPS) is 20.1. The number of aliphatic hydroxyl groups is 1. The minimum Gasteiger partial charge on any atom is -0.393 e. The first kappa shape index (κ1) is 10.4. The number of aromatic nitrogens is 1. The molecule has 0 spiro atoms. The molecule has 2 heterocycles. The summed E-state index contributed by atoms with van der Waals surface area (Å²) < 4.78 is 0.608. The van der Waals surface area contributed by atoms with E-state index >= 15 is 0 Å². The first-order chi connectivity index (χ1) is 6.74. The molecule has 0 saturated carbocycles. The molecule has 0 aliphatic carbocycles. The molecule has 0 atom stereocenters. The van der Waals surface area contributed by atoms with Crippen LogP contribution < -0.4 is 0 Å². The zero-order valence-electron chi connectivity index (χ0n) is 7.82. The zero-order chi connectivity index (χ0) is 9.97. The van der Waals surface area contributed by atoms with Crippen LogP contribution in [0.2, 0.25) is 4.47 Å². The topological polar surface area (TPSA) is 36.4 Å². The van der Waals surface area contributed by atoms with E-state index in [4.69, 9.17) is 11.6 Å². The van der Waals surface area contributed by atoms with Gasteiger partial charge in [0, 0.05) is 30.7 Å². The molecule has 3 nitrogen and oxygen atoms in total. The molecule has 1 saturated heterocycles. The molecule has 14 heavy (non-hydrogen) atoms. The van der Waals surface area contributed by atoms with Crippen molar-refractivity contribution in [1.29, 1.82) is 0 Å². The number of likely N-dealkylation sites (tertiary alicyclic amines) is 1. The highest BCUT2D eigenvalue weighted by molar-refractivity contribution is 7.15. The minimum atomic E-state index is -0.101. The molecule has 5 heteroatoms. The minimum absolute atomic E-state index is 0.101. The Morgan fingerprint density at radius 3 is 2.86 bits per heavy atom. The molecular formula is C9H13ClN2OS. The summed E-state index contributed by atoms with van der Waals surface area (Å²) in [6.07, 6.45) is 3.49. The average Bonchev–Trinajstić information content (AvgIpc) is 2.56. The SMILES string of the molecule is OC1CCN(Cc2cnc(Cl)s2)CC1. The lowest BCUT2D eigenvalue weighted by molar-refractivity contribution is 0.0797. The third-order valence-corrected chi connectivity index (χ3v) is 3.56. The Bertz CT molecular complexity index is 297. The fraction of sp³-hybridized carbons (Fsp3) is 0.667. The van der Waals surface area contributed by atoms with E-state index in [-0.39, 0.29) is 6.10 Å². The molecule has 1 aromatic rings. The number of halogens is 1. The second kappa shape index (κ2) is 4.57. The number of aliphatic hydroxyl groups excluding tert-OH is 1. The van der Waals surface area contributed by atoms with Gasteiger partial charge in [-0.15, -0.1) is 11.3 Å². The van der Waals surface area contributed by atoms with Gasteiger partial charge in [-0.05, 0) is 12.8 Å². The van der Waals surface area contributed by atoms with Crippen LogP contribution in [0.5, 0.6) is 0 Å². The van der Waals surface area contributed by atoms with Crippen molar-refractivity contribution in [1.82, 2.24) is 9.88 Å². The van der Waals surface area contributed by atoms with Crippen molar-refractivity contribution >= 4 is 22.9 Å². The van der Waals surface area contributed by atoms with Gasteiger partial charge in [0.15, 0.2) is 4.47 Å². The molecule has 1 N–H and O–H groups in total. The number of thiazole rings is 1. The predicted octanol–water partition coefficient (Wildman–Crippen LogP) is 1.75. The zero-order valence-corrected chi connectivity index (χ0v) is 9.39. The second-order valence-electron chi connectivity index (χ2n) is 3.59. The fourth-order valence-electron chi connectivity index (χ4n) is 1.65. The van der Waals surface area contributed by atoms with Crippen LogP contribution in [0.4, 0.5) is 0 Å². The molecule has 0 bridgehead atoms. The van der Waals surface area contributed by atoms with Crippen LogP contribution in [0.15, 0.2) is 6.20 Å². The summed E-state index contributed by atoms with van der Waals surface area (Å²) in [6.45, 7) is 2.85. The third kappa shape index (κ3) is 2.67. The number of hydrogen-bond acceptors (Lipinski definition) is 4. The van der Waals surface area contributed by atoms with Gasteiger partial charge in [-0.2, -0.15) is 0 Å². The molecule has 0 radical (unpaired) electrons. The molecule has 0 unspecified atom stereocenters. The Labute approximate surface area is 92.3 Å². The Morgan fingerprint density at radius 1 is 1.57 bits per heavy atom. The highest BCUT2D eigenvalue weighted by Crippen LogP contribution is 2.21. The van der Waals surface area contributed by atoms with Crippen LogP contribution in [-0.2, 0) is 6.54 Å². The molecule has 1 fully saturated rings. The van der Waals surface area contributed by atoms with Gasteiger partial charge >= 0.3 is 0 Å². The molecule has 1 aromatic heterocycles. The van der Waals surface area contributed by atoms with Gasteiger partial charge in [0.1, 0.15) is 0 Å². The Kier molecular flexibility index (Phi) is 3.38. The lowest BCUT2D eigenvalue weighted by Crippen LogP contribution is -2.35. The fourth-order valence-corrected chi connectivity index (χ4v) is 2.67. The van der Waals surface area contributed by atoms with E-state index in [1.165, 1.54) is 16.2 Å². The molecule has 0 aromatic carbocycles. The smallest absolute Gasteiger partial charge is 0.183 e. The molecule has 2 rings (SSSR count). The molecule has 1 aliphatic rings. The summed E-state index contributed by atoms with van der Waals surface area (Å²) in [5, 5.41) is 9.34. The van der Waals surface area contributed by atoms with Crippen molar-refractivity contribution in [3.05, 3.63) is 15.5 Å². The molecule has 0 amide bonds. The van der Waals surface area contributed by atoms with Crippen molar-refractivity contribution in [2.45, 2.75) is 25.5 Å². The van der Waals surface area contributed by atoms with Gasteiger partial charge in [0.05, 0.1) is 6.10 Å². The Balaban J connectivity index is 1.86. The van der Waals surface area contributed by atoms with Crippen molar-refractivity contribution < 1.29 is 5.11 Å². The van der Waals surface area contributed by atoms with E-state index in [2.05, 4.69) is 9.88 Å². The highest BCUT2D eigenvalue weighted by atomic mass is 35.5. The third-order valence-electron chi connectivity index (χ3n) is 2.46. The largest absolute Gasteiger partial charge is 0.393 e. The van der Waals surface area contributed by atoms with Crippen LogP contribution >= 0.6 is 22.9 Å². The quantitative estimate of drug-likeness (QED) is 0.844. The summed E-state index contributed by atoms with van der Waals surface area (Å²) in [4.78, 5) is 7.54. The summed E-state index contributed by atoms with van der Waals surface area (Å²) in [6, 6.07) is 0. The van der Waals surface area contributed by atoms with Crippen molar-refractivity contribution in [3.63, 3.8) is 0 Å². The lowest BCUT2D eigenvalue weighted by atomic mass is 10.1. The molecular weight excluding hydrogens is 220 g/mol. The van der Waals surface area contributed by atoms with E-state index in [0.29, 0.717) is 4.47 Å². The van der Waals surface area contributed by atoms with Gasteiger partial charge in [-0.25, -0.2) is 4.98 Å². The summed E-state index contributed by atoms with van der Waals surface area (Å²) in [7, 11) is 0. The maximum absolute atomic E-state index is 9.34. The average molecular weight is 233 g/mol. The number of nitrogens with zero attached hydrogens (tertiary/aromatic N) is 2. The van der Waals surface area contributed by atoms with Gasteiger partial charge in [0.25, 0.3) is 0 Å². The highest BCUT2D eigenvalue weighted by Gasteiger charge is 2.17. The van der Waals surface area contributed by atoms with Crippen LogP contribution in [-0.4, -0.2) is 34.2 Å². The van der Waals surface area contributed by atoms with E-state index in [9.17, 15) is 5.11 Å². The van der Waals surface area contributed by atoms with Gasteiger partial charge < -0.3 is 5.11 Å². The Hall–Kier alpha value is -0.160. The monoisotopic (exact) mass is 232 g/mol. The summed E-state index contributed by atoms with van der Waals surface area (Å²) >= 11 is 7.28. The molecule has 78 valence electrons. The summed E-state index contributed by atoms with van der Waals surface area (Å²) in [5.41, 5.74) is 0. The predicted molar refractivity (Wildman–Crippen MR) is 57.6 cm³/mol. The van der Waals surface area contributed by atoms with E-state index < -0.39 is 0 Å². The van der Waals surface area contributed by atoms with E-state index in [1.807, 2.05) is 6.20 Å². The van der Waals surface area contributed by atoms with Crippen LogP contribution in [0.3, 0.4) is 0 Å². The first-order valence-electron chi connectivity index (χ1n) is 4.74. The van der Waals surface area contributed by atoms with Crippen LogP contribution in [0.25, 0.3) is 0 Å². The van der Waals surface area contributed by atoms with Crippen LogP contribution in [0, 0.1) is 0 Å². The van der Waals surface area contributed by atoms with Crippen molar-refractivity contribution in [2.24, 2.45) is 0 Å². The Morgan fingerprint density at radius 2 is 2.29 bits per heavy atom. The lowest BCUT2D eigenvalue weighted by Gasteiger charge is -2.28. The number of hydrogen-bond donors (Lipinski definition) is 1. The number of piperidine rings is 1. The maximum Gasteiger partial charge on any atom is 0.183 e. The van der Waals surface area contributed by atoms with Crippen molar-refractivity contribution in [2.75, 3.05) is 13.1 Å². The van der Waals surface area contributed by atoms with Gasteiger partial charge in [-0.3, -0.25) is 4.90 Å². The van der Waals surface area contributed by atoms with E-state index in [0.717, 1.165) is 32.5 Å². The summed E-state index contributed by atoms with van der Waals surface area (Å²) in [5.74, 6) is 0. The number of rotatable bonds is 2.